The first kappa shape index (κ1) is 21.7. The molecule has 0 aliphatic rings. The van der Waals surface area contributed by atoms with Crippen LogP contribution in [0.2, 0.25) is 5.02 Å². The number of nitrogens with one attached hydrogen (secondary N) is 1. The summed E-state index contributed by atoms with van der Waals surface area (Å²) in [5, 5.41) is 9.85. The van der Waals surface area contributed by atoms with Crippen molar-refractivity contribution in [3.8, 4) is 11.3 Å². The Morgan fingerprint density at radius 3 is 2.59 bits per heavy atom. The van der Waals surface area contributed by atoms with E-state index in [1.807, 2.05) is 42.5 Å². The van der Waals surface area contributed by atoms with E-state index >= 15 is 0 Å². The smallest absolute Gasteiger partial charge is 0.357 e. The van der Waals surface area contributed by atoms with Crippen molar-refractivity contribution in [1.82, 2.24) is 14.8 Å². The van der Waals surface area contributed by atoms with Gasteiger partial charge in [-0.15, -0.1) is 11.3 Å². The largest absolute Gasteiger partial charge is 0.461 e. The summed E-state index contributed by atoms with van der Waals surface area (Å²) in [7, 11) is 0. The molecule has 7 nitrogen and oxygen atoms in total. The van der Waals surface area contributed by atoms with Crippen LogP contribution in [-0.4, -0.2) is 33.2 Å². The summed E-state index contributed by atoms with van der Waals surface area (Å²) < 4.78 is 6.67. The van der Waals surface area contributed by atoms with Crippen LogP contribution in [0.5, 0.6) is 0 Å². The molecular weight excluding hydrogens is 448 g/mol. The van der Waals surface area contributed by atoms with Crippen LogP contribution in [0.15, 0.2) is 66.2 Å². The molecule has 0 aliphatic heterocycles. The summed E-state index contributed by atoms with van der Waals surface area (Å²) >= 11 is 7.17. The monoisotopic (exact) mass is 466 g/mol. The highest BCUT2D eigenvalue weighted by molar-refractivity contribution is 7.14. The zero-order valence-electron chi connectivity index (χ0n) is 17.1. The number of hydrogen-bond donors (Lipinski definition) is 1. The van der Waals surface area contributed by atoms with Gasteiger partial charge in [-0.1, -0.05) is 54.1 Å². The lowest BCUT2D eigenvalue weighted by molar-refractivity contribution is 0.0520. The fourth-order valence-corrected chi connectivity index (χ4v) is 3.86. The van der Waals surface area contributed by atoms with Crippen LogP contribution in [0.4, 0.5) is 5.13 Å². The first-order valence-corrected chi connectivity index (χ1v) is 11.1. The Balaban J connectivity index is 1.62. The maximum Gasteiger partial charge on any atom is 0.357 e. The summed E-state index contributed by atoms with van der Waals surface area (Å²) in [6, 6.07) is 17.0. The lowest BCUT2D eigenvalue weighted by Crippen LogP contribution is -2.13. The van der Waals surface area contributed by atoms with E-state index in [-0.39, 0.29) is 18.2 Å². The maximum absolute atomic E-state index is 13.1. The van der Waals surface area contributed by atoms with E-state index in [4.69, 9.17) is 16.3 Å². The Hall–Kier alpha value is -3.49. The number of hydrogen-bond acceptors (Lipinski definition) is 6. The van der Waals surface area contributed by atoms with Gasteiger partial charge in [0, 0.05) is 22.2 Å². The second-order valence-corrected chi connectivity index (χ2v) is 8.09. The first-order chi connectivity index (χ1) is 15.5. The summed E-state index contributed by atoms with van der Waals surface area (Å²) in [6.07, 6.45) is 1.70. The molecule has 32 heavy (non-hydrogen) atoms. The zero-order valence-corrected chi connectivity index (χ0v) is 18.7. The average Bonchev–Trinajstić information content (AvgIpc) is 3.43. The van der Waals surface area contributed by atoms with Gasteiger partial charge in [0.2, 0.25) is 0 Å². The van der Waals surface area contributed by atoms with Crippen molar-refractivity contribution in [2.75, 3.05) is 11.9 Å². The van der Waals surface area contributed by atoms with Gasteiger partial charge in [0.15, 0.2) is 10.8 Å². The van der Waals surface area contributed by atoms with Crippen LogP contribution >= 0.6 is 22.9 Å². The van der Waals surface area contributed by atoms with E-state index in [0.717, 1.165) is 22.5 Å². The number of carbonyl (C=O) groups excluding carboxylic acids is 2. The van der Waals surface area contributed by atoms with Gasteiger partial charge in [0.25, 0.3) is 5.91 Å². The van der Waals surface area contributed by atoms with Crippen LogP contribution < -0.4 is 5.32 Å². The summed E-state index contributed by atoms with van der Waals surface area (Å²) in [5.74, 6) is -0.902. The fourth-order valence-electron chi connectivity index (χ4n) is 3.05. The van der Waals surface area contributed by atoms with Gasteiger partial charge in [-0.2, -0.15) is 5.10 Å². The molecule has 0 radical (unpaired) electrons. The summed E-state index contributed by atoms with van der Waals surface area (Å²) in [5.41, 5.74) is 2.89. The highest BCUT2D eigenvalue weighted by atomic mass is 35.5. The van der Waals surface area contributed by atoms with Crippen molar-refractivity contribution in [3.05, 3.63) is 88.0 Å². The molecule has 0 spiro atoms. The SMILES string of the molecule is CCOC(=O)c1csc(NC(=O)c2cn(Cc3ccccc3)nc2-c2ccc(Cl)cc2)n1. The molecule has 9 heteroatoms. The number of carbonyl (C=O) groups is 2. The molecule has 4 rings (SSSR count). The zero-order chi connectivity index (χ0) is 22.5. The highest BCUT2D eigenvalue weighted by Gasteiger charge is 2.20. The fraction of sp³-hybridized carbons (Fsp3) is 0.130. The highest BCUT2D eigenvalue weighted by Crippen LogP contribution is 2.26. The van der Waals surface area contributed by atoms with Crippen LogP contribution in [0.3, 0.4) is 0 Å². The van der Waals surface area contributed by atoms with Crippen molar-refractivity contribution in [3.63, 3.8) is 0 Å². The quantitative estimate of drug-likeness (QED) is 0.381. The van der Waals surface area contributed by atoms with Crippen LogP contribution in [0.25, 0.3) is 11.3 Å². The standard InChI is InChI=1S/C23H19ClN4O3S/c1-2-31-22(30)19-14-32-23(25-19)26-21(29)18-13-28(12-15-6-4-3-5-7-15)27-20(18)16-8-10-17(24)11-9-16/h3-11,13-14H,2,12H2,1H3,(H,25,26,29). The minimum atomic E-state index is -0.526. The molecule has 4 aromatic rings. The number of nitrogens with zero attached hydrogens (tertiary/aromatic N) is 3. The van der Waals surface area contributed by atoms with E-state index in [1.54, 1.807) is 35.3 Å². The first-order valence-electron chi connectivity index (χ1n) is 9.85. The van der Waals surface area contributed by atoms with Gasteiger partial charge in [-0.05, 0) is 24.6 Å². The van der Waals surface area contributed by atoms with Gasteiger partial charge in [0.05, 0.1) is 18.7 Å². The number of esters is 1. The van der Waals surface area contributed by atoms with Crippen molar-refractivity contribution in [2.24, 2.45) is 0 Å². The van der Waals surface area contributed by atoms with Crippen molar-refractivity contribution in [1.29, 1.82) is 0 Å². The van der Waals surface area contributed by atoms with Gasteiger partial charge < -0.3 is 4.74 Å². The lowest BCUT2D eigenvalue weighted by atomic mass is 10.1. The minimum absolute atomic E-state index is 0.157. The number of rotatable bonds is 7. The van der Waals surface area contributed by atoms with Crippen molar-refractivity contribution in [2.45, 2.75) is 13.5 Å². The third-order valence-electron chi connectivity index (χ3n) is 4.52. The van der Waals surface area contributed by atoms with Crippen LogP contribution in [0.1, 0.15) is 33.3 Å². The Labute approximate surface area is 193 Å². The second kappa shape index (κ2) is 9.76. The van der Waals surface area contributed by atoms with Gasteiger partial charge in [-0.3, -0.25) is 14.8 Å². The van der Waals surface area contributed by atoms with Crippen molar-refractivity contribution < 1.29 is 14.3 Å². The van der Waals surface area contributed by atoms with Gasteiger partial charge in [-0.25, -0.2) is 9.78 Å². The molecule has 2 heterocycles. The molecule has 0 bridgehead atoms. The predicted octanol–water partition coefficient (Wildman–Crippen LogP) is 5.14. The lowest BCUT2D eigenvalue weighted by Gasteiger charge is -2.03. The molecule has 162 valence electrons. The number of halogens is 1. The molecule has 2 aromatic carbocycles. The molecule has 0 atom stereocenters. The molecule has 0 unspecified atom stereocenters. The molecule has 0 saturated heterocycles. The number of thiazole rings is 1. The van der Waals surface area contributed by atoms with E-state index < -0.39 is 5.97 Å². The van der Waals surface area contributed by atoms with E-state index in [1.165, 1.54) is 0 Å². The Morgan fingerprint density at radius 2 is 1.88 bits per heavy atom. The topological polar surface area (TPSA) is 86.1 Å². The molecule has 1 N–H and O–H groups in total. The van der Waals surface area contributed by atoms with E-state index in [9.17, 15) is 9.59 Å². The van der Waals surface area contributed by atoms with Crippen LogP contribution in [-0.2, 0) is 11.3 Å². The minimum Gasteiger partial charge on any atom is -0.461 e. The number of ether oxygens (including phenoxy) is 1. The number of amides is 1. The van der Waals surface area contributed by atoms with E-state index in [2.05, 4.69) is 15.4 Å². The third kappa shape index (κ3) is 5.04. The summed E-state index contributed by atoms with van der Waals surface area (Å²) in [4.78, 5) is 29.1. The molecule has 0 aliphatic carbocycles. The summed E-state index contributed by atoms with van der Waals surface area (Å²) in [6.45, 7) is 2.49. The Kier molecular flexibility index (Phi) is 6.63. The molecule has 2 aromatic heterocycles. The Morgan fingerprint density at radius 1 is 1.12 bits per heavy atom. The second-order valence-electron chi connectivity index (χ2n) is 6.79. The number of aromatic nitrogens is 3. The van der Waals surface area contributed by atoms with E-state index in [0.29, 0.717) is 28.0 Å². The molecule has 0 saturated carbocycles. The molecule has 0 fully saturated rings. The average molecular weight is 467 g/mol. The Bertz CT molecular complexity index is 1240. The van der Waals surface area contributed by atoms with Crippen LogP contribution in [0, 0.1) is 0 Å². The normalized spacial score (nSPS) is 10.7. The number of benzene rings is 2. The van der Waals surface area contributed by atoms with Crippen molar-refractivity contribution >= 4 is 39.9 Å². The van der Waals surface area contributed by atoms with Gasteiger partial charge in [0.1, 0.15) is 5.69 Å². The molecular formula is C23H19ClN4O3S. The number of anilines is 1. The molecule has 1 amide bonds. The van der Waals surface area contributed by atoms with Gasteiger partial charge >= 0.3 is 5.97 Å². The maximum atomic E-state index is 13.1. The third-order valence-corrected chi connectivity index (χ3v) is 5.53. The predicted molar refractivity (Wildman–Crippen MR) is 124 cm³/mol.